The van der Waals surface area contributed by atoms with Crippen LogP contribution in [0.4, 0.5) is 0 Å². The summed E-state index contributed by atoms with van der Waals surface area (Å²) in [6, 6.07) is 8.90. The molecule has 0 aliphatic carbocycles. The Morgan fingerprint density at radius 3 is 2.28 bits per heavy atom. The van der Waals surface area contributed by atoms with Crippen molar-refractivity contribution >= 4 is 5.91 Å². The Kier molecular flexibility index (Phi) is 9.68. The van der Waals surface area contributed by atoms with Gasteiger partial charge in [-0.2, -0.15) is 0 Å². The van der Waals surface area contributed by atoms with Crippen LogP contribution in [0.15, 0.2) is 24.3 Å². The van der Waals surface area contributed by atoms with Crippen LogP contribution in [0.1, 0.15) is 90.7 Å². The third-order valence-corrected chi connectivity index (χ3v) is 6.39. The summed E-state index contributed by atoms with van der Waals surface area (Å²) in [5.41, 5.74) is 2.76. The first kappa shape index (κ1) is 23.9. The van der Waals surface area contributed by atoms with E-state index in [9.17, 15) is 4.79 Å². The van der Waals surface area contributed by atoms with Crippen LogP contribution in [0, 0.1) is 5.92 Å². The predicted molar refractivity (Wildman–Crippen MR) is 124 cm³/mol. The molecule has 1 saturated heterocycles. The van der Waals surface area contributed by atoms with Crippen LogP contribution in [0.3, 0.4) is 0 Å². The van der Waals surface area contributed by atoms with Gasteiger partial charge in [0.15, 0.2) is 0 Å². The highest BCUT2D eigenvalue weighted by Crippen LogP contribution is 2.23. The van der Waals surface area contributed by atoms with E-state index in [1.807, 2.05) is 0 Å². The number of unbranched alkanes of at least 4 members (excludes halogenated alkanes) is 1. The summed E-state index contributed by atoms with van der Waals surface area (Å²) in [6.07, 6.45) is 8.23. The quantitative estimate of drug-likeness (QED) is 0.480. The maximum atomic E-state index is 13.4. The lowest BCUT2D eigenvalue weighted by molar-refractivity contribution is -0.136. The van der Waals surface area contributed by atoms with Crippen LogP contribution in [0.25, 0.3) is 0 Å². The van der Waals surface area contributed by atoms with Crippen molar-refractivity contribution in [3.8, 4) is 0 Å². The number of likely N-dealkylation sites (tertiary alicyclic amines) is 1. The predicted octanol–water partition coefficient (Wildman–Crippen LogP) is 6.02. The third kappa shape index (κ3) is 7.77. The molecule has 164 valence electrons. The summed E-state index contributed by atoms with van der Waals surface area (Å²) < 4.78 is 0. The van der Waals surface area contributed by atoms with E-state index in [-0.39, 0.29) is 11.3 Å². The third-order valence-electron chi connectivity index (χ3n) is 6.39. The van der Waals surface area contributed by atoms with Gasteiger partial charge >= 0.3 is 0 Å². The summed E-state index contributed by atoms with van der Waals surface area (Å²) in [5, 5.41) is 0. The fraction of sp³-hybridized carbons (Fsp3) is 0.731. The van der Waals surface area contributed by atoms with Crippen molar-refractivity contribution in [2.24, 2.45) is 5.92 Å². The average Bonchev–Trinajstić information content (AvgIpc) is 2.72. The van der Waals surface area contributed by atoms with Crippen LogP contribution in [0.2, 0.25) is 0 Å². The van der Waals surface area contributed by atoms with E-state index in [2.05, 4.69) is 68.7 Å². The number of benzene rings is 1. The Bertz CT molecular complexity index is 596. The maximum absolute atomic E-state index is 13.4. The number of hydrogen-bond acceptors (Lipinski definition) is 2. The monoisotopic (exact) mass is 400 g/mol. The Morgan fingerprint density at radius 1 is 1.07 bits per heavy atom. The smallest absolute Gasteiger partial charge is 0.226 e. The standard InChI is InChI=1S/C26H44N2O/c1-6-8-12-23(7-2)25(29)28(20-19-27-17-10-9-11-18-27)21-22-13-15-24(16-14-22)26(3,4)5/h13-16,23H,6-12,17-21H2,1-5H3. The minimum atomic E-state index is 0.162. The number of amides is 1. The van der Waals surface area contributed by atoms with Gasteiger partial charge in [-0.3, -0.25) is 4.79 Å². The zero-order chi connectivity index (χ0) is 21.3. The number of carbonyl (C=O) groups is 1. The molecule has 29 heavy (non-hydrogen) atoms. The summed E-state index contributed by atoms with van der Waals surface area (Å²) >= 11 is 0. The van der Waals surface area contributed by atoms with Gasteiger partial charge in [0.25, 0.3) is 0 Å². The van der Waals surface area contributed by atoms with E-state index in [0.29, 0.717) is 5.91 Å². The molecule has 0 radical (unpaired) electrons. The second-order valence-electron chi connectivity index (χ2n) is 9.86. The van der Waals surface area contributed by atoms with Crippen LogP contribution in [-0.4, -0.2) is 41.9 Å². The van der Waals surface area contributed by atoms with Crippen molar-refractivity contribution in [2.75, 3.05) is 26.2 Å². The molecule has 1 heterocycles. The molecule has 1 aliphatic heterocycles. The van der Waals surface area contributed by atoms with Crippen molar-refractivity contribution in [3.63, 3.8) is 0 Å². The van der Waals surface area contributed by atoms with E-state index in [0.717, 1.165) is 45.3 Å². The second kappa shape index (κ2) is 11.7. The lowest BCUT2D eigenvalue weighted by Gasteiger charge is -2.32. The largest absolute Gasteiger partial charge is 0.337 e. The van der Waals surface area contributed by atoms with E-state index in [4.69, 9.17) is 0 Å². The van der Waals surface area contributed by atoms with Crippen molar-refractivity contribution in [3.05, 3.63) is 35.4 Å². The van der Waals surface area contributed by atoms with Gasteiger partial charge in [0, 0.05) is 25.6 Å². The molecule has 0 spiro atoms. The summed E-state index contributed by atoms with van der Waals surface area (Å²) in [5.74, 6) is 0.531. The molecule has 1 fully saturated rings. The number of rotatable bonds is 10. The summed E-state index contributed by atoms with van der Waals surface area (Å²) in [6.45, 7) is 16.1. The van der Waals surface area contributed by atoms with Crippen LogP contribution in [0.5, 0.6) is 0 Å². The van der Waals surface area contributed by atoms with Gasteiger partial charge in [-0.15, -0.1) is 0 Å². The Hall–Kier alpha value is -1.35. The van der Waals surface area contributed by atoms with E-state index in [1.165, 1.54) is 43.5 Å². The summed E-state index contributed by atoms with van der Waals surface area (Å²) in [4.78, 5) is 18.1. The maximum Gasteiger partial charge on any atom is 0.226 e. The molecule has 0 bridgehead atoms. The Labute approximate surface area is 179 Å². The fourth-order valence-corrected chi connectivity index (χ4v) is 4.25. The minimum absolute atomic E-state index is 0.162. The first-order chi connectivity index (χ1) is 13.8. The van der Waals surface area contributed by atoms with Gasteiger partial charge in [0.05, 0.1) is 0 Å². The molecule has 2 rings (SSSR count). The normalized spacial score (nSPS) is 16.6. The number of nitrogens with zero attached hydrogens (tertiary/aromatic N) is 2. The topological polar surface area (TPSA) is 23.6 Å². The first-order valence-electron chi connectivity index (χ1n) is 12.0. The van der Waals surface area contributed by atoms with Gasteiger partial charge in [0.2, 0.25) is 5.91 Å². The second-order valence-corrected chi connectivity index (χ2v) is 9.86. The van der Waals surface area contributed by atoms with Gasteiger partial charge in [-0.1, -0.05) is 78.1 Å². The molecule has 1 aliphatic rings. The van der Waals surface area contributed by atoms with Gasteiger partial charge in [0.1, 0.15) is 0 Å². The van der Waals surface area contributed by atoms with Crippen LogP contribution >= 0.6 is 0 Å². The molecule has 0 saturated carbocycles. The highest BCUT2D eigenvalue weighted by atomic mass is 16.2. The van der Waals surface area contributed by atoms with Gasteiger partial charge in [-0.05, 0) is 55.3 Å². The molecule has 1 atom stereocenters. The van der Waals surface area contributed by atoms with E-state index < -0.39 is 0 Å². The number of piperidine rings is 1. The van der Waals surface area contributed by atoms with Crippen LogP contribution in [-0.2, 0) is 16.8 Å². The molecular weight excluding hydrogens is 356 g/mol. The Morgan fingerprint density at radius 2 is 1.72 bits per heavy atom. The molecule has 0 aromatic heterocycles. The lowest BCUT2D eigenvalue weighted by atomic mass is 9.86. The fourth-order valence-electron chi connectivity index (χ4n) is 4.25. The minimum Gasteiger partial charge on any atom is -0.337 e. The molecule has 1 amide bonds. The zero-order valence-corrected chi connectivity index (χ0v) is 19.7. The molecule has 1 aromatic rings. The van der Waals surface area contributed by atoms with Crippen molar-refractivity contribution in [1.82, 2.24) is 9.80 Å². The number of carbonyl (C=O) groups excluding carboxylic acids is 1. The SMILES string of the molecule is CCCCC(CC)C(=O)N(CCN1CCCCC1)Cc1ccc(C(C)(C)C)cc1. The Balaban J connectivity index is 2.08. The van der Waals surface area contributed by atoms with Crippen LogP contribution < -0.4 is 0 Å². The molecule has 0 N–H and O–H groups in total. The average molecular weight is 401 g/mol. The highest BCUT2D eigenvalue weighted by Gasteiger charge is 2.24. The number of hydrogen-bond donors (Lipinski definition) is 0. The lowest BCUT2D eigenvalue weighted by Crippen LogP contribution is -2.42. The molecular formula is C26H44N2O. The molecule has 1 aromatic carbocycles. The summed E-state index contributed by atoms with van der Waals surface area (Å²) in [7, 11) is 0. The molecule has 3 nitrogen and oxygen atoms in total. The van der Waals surface area contributed by atoms with Crippen molar-refractivity contribution in [2.45, 2.75) is 91.5 Å². The highest BCUT2D eigenvalue weighted by molar-refractivity contribution is 5.78. The van der Waals surface area contributed by atoms with Crippen molar-refractivity contribution < 1.29 is 4.79 Å². The van der Waals surface area contributed by atoms with E-state index >= 15 is 0 Å². The van der Waals surface area contributed by atoms with Crippen molar-refractivity contribution in [1.29, 1.82) is 0 Å². The molecule has 1 unspecified atom stereocenters. The zero-order valence-electron chi connectivity index (χ0n) is 19.7. The van der Waals surface area contributed by atoms with Gasteiger partial charge < -0.3 is 9.80 Å². The molecule has 3 heteroatoms. The first-order valence-corrected chi connectivity index (χ1v) is 12.0. The van der Waals surface area contributed by atoms with E-state index in [1.54, 1.807) is 0 Å². The van der Waals surface area contributed by atoms with Gasteiger partial charge in [-0.25, -0.2) is 0 Å².